The number of carboxylic acid groups (broad SMARTS) is 1. The number of nitrogens with one attached hydrogen (secondary N) is 1. The van der Waals surface area contributed by atoms with E-state index in [1.807, 2.05) is 19.2 Å². The third-order valence-corrected chi connectivity index (χ3v) is 3.50. The van der Waals surface area contributed by atoms with E-state index < -0.39 is 11.8 Å². The first kappa shape index (κ1) is 14.3. The van der Waals surface area contributed by atoms with Gasteiger partial charge in [-0.15, -0.1) is 11.3 Å². The fraction of sp³-hybridized carbons (Fsp3) is 0.231. The molecule has 0 aliphatic heterocycles. The van der Waals surface area contributed by atoms with Gasteiger partial charge in [-0.2, -0.15) is 0 Å². The second kappa shape index (κ2) is 5.46. The Morgan fingerprint density at radius 2 is 2.20 bits per heavy atom. The number of carbonyl (C=O) groups is 1. The number of hydrogen-bond donors (Lipinski definition) is 3. The van der Waals surface area contributed by atoms with E-state index in [4.69, 9.17) is 10.8 Å². The fourth-order valence-corrected chi connectivity index (χ4v) is 2.48. The van der Waals surface area contributed by atoms with E-state index in [0.29, 0.717) is 5.13 Å². The maximum absolute atomic E-state index is 13.8. The van der Waals surface area contributed by atoms with E-state index in [1.54, 1.807) is 0 Å². The van der Waals surface area contributed by atoms with Gasteiger partial charge in [0.1, 0.15) is 5.82 Å². The van der Waals surface area contributed by atoms with E-state index in [0.717, 1.165) is 11.8 Å². The van der Waals surface area contributed by atoms with Gasteiger partial charge in [0.2, 0.25) is 0 Å². The highest BCUT2D eigenvalue weighted by Crippen LogP contribution is 2.28. The number of carboxylic acids is 1. The zero-order valence-corrected chi connectivity index (χ0v) is 11.8. The molecule has 2 aromatic rings. The Bertz CT molecular complexity index is 655. The Balaban J connectivity index is 2.32. The molecule has 20 heavy (non-hydrogen) atoms. The molecule has 0 atom stereocenters. The van der Waals surface area contributed by atoms with Crippen LogP contribution in [0.15, 0.2) is 17.5 Å². The Labute approximate surface area is 119 Å². The second-order valence-electron chi connectivity index (χ2n) is 4.58. The SMILES string of the molecule is CC(C)c1csc(Nc2cc(C(=O)O)c(N)cc2F)n1. The number of aromatic nitrogens is 1. The summed E-state index contributed by atoms with van der Waals surface area (Å²) in [6.45, 7) is 4.01. The van der Waals surface area contributed by atoms with Gasteiger partial charge in [0.15, 0.2) is 5.13 Å². The van der Waals surface area contributed by atoms with E-state index in [-0.39, 0.29) is 22.9 Å². The van der Waals surface area contributed by atoms with Crippen molar-refractivity contribution in [3.63, 3.8) is 0 Å². The van der Waals surface area contributed by atoms with Crippen molar-refractivity contribution in [2.24, 2.45) is 0 Å². The molecule has 7 heteroatoms. The number of nitrogen functional groups attached to an aromatic ring is 1. The van der Waals surface area contributed by atoms with Crippen molar-refractivity contribution in [3.05, 3.63) is 34.6 Å². The molecule has 1 aromatic heterocycles. The van der Waals surface area contributed by atoms with Crippen molar-refractivity contribution in [1.29, 1.82) is 0 Å². The lowest BCUT2D eigenvalue weighted by atomic mass is 10.1. The fourth-order valence-electron chi connectivity index (χ4n) is 1.59. The monoisotopic (exact) mass is 295 g/mol. The van der Waals surface area contributed by atoms with Crippen LogP contribution in [0.25, 0.3) is 0 Å². The van der Waals surface area contributed by atoms with Gasteiger partial charge in [0.25, 0.3) is 0 Å². The molecule has 1 heterocycles. The summed E-state index contributed by atoms with van der Waals surface area (Å²) in [5.41, 5.74) is 6.15. The first-order chi connectivity index (χ1) is 9.38. The van der Waals surface area contributed by atoms with Crippen LogP contribution in [0.3, 0.4) is 0 Å². The van der Waals surface area contributed by atoms with Gasteiger partial charge in [-0.1, -0.05) is 13.8 Å². The average Bonchev–Trinajstić information content (AvgIpc) is 2.80. The molecule has 0 aliphatic carbocycles. The molecular formula is C13H14FN3O2S. The first-order valence-corrected chi connectivity index (χ1v) is 6.81. The minimum absolute atomic E-state index is 0.0428. The first-order valence-electron chi connectivity index (χ1n) is 5.93. The van der Waals surface area contributed by atoms with E-state index in [1.165, 1.54) is 17.4 Å². The van der Waals surface area contributed by atoms with Crippen LogP contribution in [-0.2, 0) is 0 Å². The maximum Gasteiger partial charge on any atom is 0.337 e. The summed E-state index contributed by atoms with van der Waals surface area (Å²) >= 11 is 1.33. The molecule has 106 valence electrons. The summed E-state index contributed by atoms with van der Waals surface area (Å²) in [4.78, 5) is 15.3. The van der Waals surface area contributed by atoms with Gasteiger partial charge in [-0.25, -0.2) is 14.2 Å². The Morgan fingerprint density at radius 3 is 2.75 bits per heavy atom. The van der Waals surface area contributed by atoms with Crippen molar-refractivity contribution in [2.45, 2.75) is 19.8 Å². The van der Waals surface area contributed by atoms with E-state index >= 15 is 0 Å². The van der Waals surface area contributed by atoms with Crippen molar-refractivity contribution >= 4 is 33.8 Å². The summed E-state index contributed by atoms with van der Waals surface area (Å²) in [7, 11) is 0. The molecule has 0 radical (unpaired) electrons. The summed E-state index contributed by atoms with van der Waals surface area (Å²) in [5.74, 6) is -1.55. The summed E-state index contributed by atoms with van der Waals surface area (Å²) in [6.07, 6.45) is 0. The van der Waals surface area contributed by atoms with E-state index in [9.17, 15) is 9.18 Å². The second-order valence-corrected chi connectivity index (χ2v) is 5.44. The average molecular weight is 295 g/mol. The highest BCUT2D eigenvalue weighted by Gasteiger charge is 2.14. The molecule has 4 N–H and O–H groups in total. The van der Waals surface area contributed by atoms with Crippen LogP contribution in [0, 0.1) is 5.82 Å². The number of benzene rings is 1. The minimum Gasteiger partial charge on any atom is -0.478 e. The van der Waals surface area contributed by atoms with Gasteiger partial charge >= 0.3 is 5.97 Å². The number of nitrogens with zero attached hydrogens (tertiary/aromatic N) is 1. The van der Waals surface area contributed by atoms with Gasteiger partial charge in [-0.3, -0.25) is 0 Å². The number of nitrogens with two attached hydrogens (primary N) is 1. The molecule has 0 bridgehead atoms. The predicted octanol–water partition coefficient (Wildman–Crippen LogP) is 3.43. The topological polar surface area (TPSA) is 88.2 Å². The molecule has 0 saturated carbocycles. The van der Waals surface area contributed by atoms with Crippen LogP contribution in [0.5, 0.6) is 0 Å². The summed E-state index contributed by atoms with van der Waals surface area (Å²) in [5, 5.41) is 14.1. The summed E-state index contributed by atoms with van der Waals surface area (Å²) in [6, 6.07) is 2.16. The zero-order chi connectivity index (χ0) is 14.9. The lowest BCUT2D eigenvalue weighted by Gasteiger charge is -2.08. The van der Waals surface area contributed by atoms with Crippen LogP contribution in [0.2, 0.25) is 0 Å². The molecule has 0 spiro atoms. The van der Waals surface area contributed by atoms with Gasteiger partial charge < -0.3 is 16.2 Å². The highest BCUT2D eigenvalue weighted by atomic mass is 32.1. The van der Waals surface area contributed by atoms with Crippen molar-refractivity contribution in [1.82, 2.24) is 4.98 Å². The number of aromatic carboxylic acids is 1. The molecule has 0 unspecified atom stereocenters. The van der Waals surface area contributed by atoms with Crippen molar-refractivity contribution in [2.75, 3.05) is 11.1 Å². The lowest BCUT2D eigenvalue weighted by molar-refractivity contribution is 0.0698. The number of hydrogen-bond acceptors (Lipinski definition) is 5. The molecule has 5 nitrogen and oxygen atoms in total. The number of thiazole rings is 1. The number of halogens is 1. The predicted molar refractivity (Wildman–Crippen MR) is 77.3 cm³/mol. The third kappa shape index (κ3) is 2.88. The largest absolute Gasteiger partial charge is 0.478 e. The quantitative estimate of drug-likeness (QED) is 0.752. The van der Waals surface area contributed by atoms with Crippen molar-refractivity contribution in [3.8, 4) is 0 Å². The Morgan fingerprint density at radius 1 is 1.50 bits per heavy atom. The molecule has 1 aromatic carbocycles. The Hall–Kier alpha value is -2.15. The standard InChI is InChI=1S/C13H14FN3O2S/c1-6(2)11-5-20-13(17-11)16-10-3-7(12(18)19)9(15)4-8(10)14/h3-6H,15H2,1-2H3,(H,16,17)(H,18,19). The van der Waals surface area contributed by atoms with Gasteiger partial charge in [0.05, 0.1) is 16.9 Å². The molecule has 0 fully saturated rings. The number of rotatable bonds is 4. The van der Waals surface area contributed by atoms with Crippen molar-refractivity contribution < 1.29 is 14.3 Å². The normalized spacial score (nSPS) is 10.8. The van der Waals surface area contributed by atoms with Crippen LogP contribution < -0.4 is 11.1 Å². The van der Waals surface area contributed by atoms with Crippen LogP contribution in [-0.4, -0.2) is 16.1 Å². The molecule has 0 aliphatic rings. The lowest BCUT2D eigenvalue weighted by Crippen LogP contribution is -2.05. The maximum atomic E-state index is 13.8. The minimum atomic E-state index is -1.20. The van der Waals surface area contributed by atoms with Gasteiger partial charge in [-0.05, 0) is 18.1 Å². The number of anilines is 3. The van der Waals surface area contributed by atoms with E-state index in [2.05, 4.69) is 10.3 Å². The van der Waals surface area contributed by atoms with Crippen LogP contribution in [0.1, 0.15) is 35.8 Å². The van der Waals surface area contributed by atoms with Crippen LogP contribution >= 0.6 is 11.3 Å². The molecule has 0 amide bonds. The Kier molecular flexibility index (Phi) is 3.89. The molecular weight excluding hydrogens is 281 g/mol. The van der Waals surface area contributed by atoms with Gasteiger partial charge in [0, 0.05) is 11.1 Å². The van der Waals surface area contributed by atoms with Crippen LogP contribution in [0.4, 0.5) is 20.9 Å². The highest BCUT2D eigenvalue weighted by molar-refractivity contribution is 7.13. The molecule has 2 rings (SSSR count). The third-order valence-electron chi connectivity index (χ3n) is 2.72. The smallest absolute Gasteiger partial charge is 0.337 e. The zero-order valence-electron chi connectivity index (χ0n) is 11.0. The summed E-state index contributed by atoms with van der Waals surface area (Å²) < 4.78 is 13.8. The molecule has 0 saturated heterocycles.